The van der Waals surface area contributed by atoms with Gasteiger partial charge in [-0.15, -0.1) is 0 Å². The van der Waals surface area contributed by atoms with Crippen LogP contribution in [0.25, 0.3) is 0 Å². The van der Waals surface area contributed by atoms with Crippen LogP contribution in [0.3, 0.4) is 0 Å². The molecule has 86 valence electrons. The first kappa shape index (κ1) is 12.2. The maximum atomic E-state index is 11.4. The summed E-state index contributed by atoms with van der Waals surface area (Å²) in [6, 6.07) is 1.02. The van der Waals surface area contributed by atoms with Crippen LogP contribution >= 0.6 is 0 Å². The first-order valence-corrected chi connectivity index (χ1v) is 5.75. The summed E-state index contributed by atoms with van der Waals surface area (Å²) in [5, 5.41) is 3.48. The smallest absolute Gasteiger partial charge is 0.333 e. The number of nitrogens with one attached hydrogen (secondary N) is 1. The van der Waals surface area contributed by atoms with E-state index in [1.807, 2.05) is 13.0 Å². The molecule has 0 aromatic carbocycles. The largest absolute Gasteiger partial charge is 0.463 e. The molecule has 1 unspecified atom stereocenters. The van der Waals surface area contributed by atoms with Gasteiger partial charge in [0.15, 0.2) is 0 Å². The van der Waals surface area contributed by atoms with E-state index >= 15 is 0 Å². The zero-order valence-electron chi connectivity index (χ0n) is 9.88. The molecule has 0 radical (unpaired) electrons. The van der Waals surface area contributed by atoms with Crippen LogP contribution in [0.2, 0.25) is 0 Å². The van der Waals surface area contributed by atoms with Crippen molar-refractivity contribution in [1.29, 1.82) is 0 Å². The van der Waals surface area contributed by atoms with Gasteiger partial charge >= 0.3 is 5.97 Å². The first-order valence-electron chi connectivity index (χ1n) is 5.75. The van der Waals surface area contributed by atoms with E-state index in [9.17, 15) is 4.79 Å². The molecular weight excluding hydrogens is 190 g/mol. The first-order chi connectivity index (χ1) is 7.13. The topological polar surface area (TPSA) is 38.3 Å². The van der Waals surface area contributed by atoms with Crippen molar-refractivity contribution < 1.29 is 9.53 Å². The Morgan fingerprint density at radius 1 is 1.67 bits per heavy atom. The van der Waals surface area contributed by atoms with Crippen molar-refractivity contribution in [3.8, 4) is 0 Å². The lowest BCUT2D eigenvalue weighted by Crippen LogP contribution is -2.36. The number of carbonyl (C=O) groups is 1. The van der Waals surface area contributed by atoms with Gasteiger partial charge in [-0.1, -0.05) is 19.9 Å². The van der Waals surface area contributed by atoms with E-state index in [0.29, 0.717) is 18.7 Å². The second-order valence-corrected chi connectivity index (χ2v) is 4.24. The molecule has 0 saturated heterocycles. The molecule has 0 aliphatic heterocycles. The van der Waals surface area contributed by atoms with Gasteiger partial charge in [0.05, 0.1) is 6.61 Å². The minimum absolute atomic E-state index is 0.138. The van der Waals surface area contributed by atoms with Gasteiger partial charge in [-0.25, -0.2) is 4.79 Å². The third kappa shape index (κ3) is 4.04. The Hall–Kier alpha value is -0.830. The highest BCUT2D eigenvalue weighted by molar-refractivity contribution is 5.88. The molecule has 0 saturated carbocycles. The molecule has 0 amide bonds. The summed E-state index contributed by atoms with van der Waals surface area (Å²) in [5.74, 6) is -0.138. The van der Waals surface area contributed by atoms with Crippen LogP contribution < -0.4 is 5.32 Å². The fourth-order valence-corrected chi connectivity index (χ4v) is 1.87. The third-order valence-corrected chi connectivity index (χ3v) is 2.52. The number of rotatable bonds is 4. The summed E-state index contributed by atoms with van der Waals surface area (Å²) in [5.41, 5.74) is 0.846. The Morgan fingerprint density at radius 3 is 2.87 bits per heavy atom. The van der Waals surface area contributed by atoms with Crippen molar-refractivity contribution in [2.24, 2.45) is 0 Å². The molecule has 0 bridgehead atoms. The van der Waals surface area contributed by atoms with Gasteiger partial charge in [0.2, 0.25) is 0 Å². The summed E-state index contributed by atoms with van der Waals surface area (Å²) < 4.78 is 4.97. The van der Waals surface area contributed by atoms with E-state index in [1.165, 1.54) is 0 Å². The minimum Gasteiger partial charge on any atom is -0.463 e. The zero-order chi connectivity index (χ0) is 11.3. The highest BCUT2D eigenvalue weighted by Crippen LogP contribution is 2.19. The average Bonchev–Trinajstić information content (AvgIpc) is 2.18. The van der Waals surface area contributed by atoms with Crippen LogP contribution in [0.4, 0.5) is 0 Å². The second kappa shape index (κ2) is 5.91. The van der Waals surface area contributed by atoms with Gasteiger partial charge < -0.3 is 10.1 Å². The van der Waals surface area contributed by atoms with Crippen LogP contribution in [0.15, 0.2) is 11.6 Å². The summed E-state index contributed by atoms with van der Waals surface area (Å²) in [6.07, 6.45) is 4.82. The normalized spacial score (nSPS) is 21.3. The summed E-state index contributed by atoms with van der Waals surface area (Å²) in [7, 11) is 0. The molecule has 0 heterocycles. The monoisotopic (exact) mass is 211 g/mol. The molecule has 1 aliphatic carbocycles. The molecule has 1 N–H and O–H groups in total. The lowest BCUT2D eigenvalue weighted by molar-refractivity contribution is -0.138. The fourth-order valence-electron chi connectivity index (χ4n) is 1.87. The Labute approximate surface area is 91.9 Å². The van der Waals surface area contributed by atoms with Crippen LogP contribution in [0.5, 0.6) is 0 Å². The van der Waals surface area contributed by atoms with Crippen molar-refractivity contribution in [2.45, 2.75) is 52.1 Å². The van der Waals surface area contributed by atoms with Crippen molar-refractivity contribution in [2.75, 3.05) is 6.61 Å². The molecule has 15 heavy (non-hydrogen) atoms. The van der Waals surface area contributed by atoms with Crippen molar-refractivity contribution in [3.05, 3.63) is 11.6 Å². The predicted molar refractivity (Wildman–Crippen MR) is 60.6 cm³/mol. The molecule has 3 heteroatoms. The highest BCUT2D eigenvalue weighted by Gasteiger charge is 2.19. The van der Waals surface area contributed by atoms with Gasteiger partial charge in [-0.05, 0) is 26.2 Å². The number of ether oxygens (including phenoxy) is 1. The molecule has 0 aromatic rings. The molecule has 0 fully saturated rings. The van der Waals surface area contributed by atoms with Gasteiger partial charge in [0.25, 0.3) is 0 Å². The minimum atomic E-state index is -0.138. The van der Waals surface area contributed by atoms with E-state index < -0.39 is 0 Å². The molecular formula is C12H21NO2. The zero-order valence-corrected chi connectivity index (χ0v) is 9.88. The number of hydrogen-bond donors (Lipinski definition) is 1. The van der Waals surface area contributed by atoms with Gasteiger partial charge in [-0.3, -0.25) is 0 Å². The Kier molecular flexibility index (Phi) is 4.82. The third-order valence-electron chi connectivity index (χ3n) is 2.52. The number of hydrogen-bond acceptors (Lipinski definition) is 3. The average molecular weight is 211 g/mol. The molecule has 0 spiro atoms. The molecule has 3 nitrogen and oxygen atoms in total. The van der Waals surface area contributed by atoms with E-state index in [0.717, 1.165) is 24.8 Å². The summed E-state index contributed by atoms with van der Waals surface area (Å²) in [6.45, 7) is 6.59. The predicted octanol–water partition coefficient (Wildman–Crippen LogP) is 2.03. The van der Waals surface area contributed by atoms with Crippen LogP contribution in [0.1, 0.15) is 40.0 Å². The SMILES string of the molecule is CCOC(=O)C1=CCC(NC(C)C)CC1. The van der Waals surface area contributed by atoms with Crippen molar-refractivity contribution in [1.82, 2.24) is 5.32 Å². The lowest BCUT2D eigenvalue weighted by Gasteiger charge is -2.24. The number of carbonyl (C=O) groups excluding carboxylic acids is 1. The number of esters is 1. The quantitative estimate of drug-likeness (QED) is 0.723. The summed E-state index contributed by atoms with van der Waals surface area (Å²) >= 11 is 0. The summed E-state index contributed by atoms with van der Waals surface area (Å²) in [4.78, 5) is 11.4. The van der Waals surface area contributed by atoms with E-state index in [4.69, 9.17) is 4.74 Å². The van der Waals surface area contributed by atoms with Crippen LogP contribution in [0, 0.1) is 0 Å². The van der Waals surface area contributed by atoms with Gasteiger partial charge in [0.1, 0.15) is 0 Å². The standard InChI is InChI=1S/C12H21NO2/c1-4-15-12(14)10-5-7-11(8-6-10)13-9(2)3/h5,9,11,13H,4,6-8H2,1-3H3. The van der Waals surface area contributed by atoms with Gasteiger partial charge in [-0.2, -0.15) is 0 Å². The highest BCUT2D eigenvalue weighted by atomic mass is 16.5. The molecule has 1 aliphatic rings. The van der Waals surface area contributed by atoms with E-state index in [2.05, 4.69) is 19.2 Å². The Bertz CT molecular complexity index is 246. The maximum Gasteiger partial charge on any atom is 0.333 e. The van der Waals surface area contributed by atoms with Gasteiger partial charge in [0, 0.05) is 17.7 Å². The lowest BCUT2D eigenvalue weighted by atomic mass is 9.95. The molecule has 0 aromatic heterocycles. The van der Waals surface area contributed by atoms with E-state index in [1.54, 1.807) is 0 Å². The Morgan fingerprint density at radius 2 is 2.40 bits per heavy atom. The maximum absolute atomic E-state index is 11.4. The van der Waals surface area contributed by atoms with Crippen LogP contribution in [-0.4, -0.2) is 24.7 Å². The van der Waals surface area contributed by atoms with Crippen molar-refractivity contribution in [3.63, 3.8) is 0 Å². The van der Waals surface area contributed by atoms with Crippen molar-refractivity contribution >= 4 is 5.97 Å². The van der Waals surface area contributed by atoms with Crippen LogP contribution in [-0.2, 0) is 9.53 Å². The fraction of sp³-hybridized carbons (Fsp3) is 0.750. The second-order valence-electron chi connectivity index (χ2n) is 4.24. The van der Waals surface area contributed by atoms with E-state index in [-0.39, 0.29) is 5.97 Å². The Balaban J connectivity index is 2.41. The molecule has 1 rings (SSSR count). The molecule has 1 atom stereocenters.